The van der Waals surface area contributed by atoms with Crippen LogP contribution in [0.25, 0.3) is 0 Å². The summed E-state index contributed by atoms with van der Waals surface area (Å²) in [6.45, 7) is 2.63. The van der Waals surface area contributed by atoms with Crippen LogP contribution in [0.4, 0.5) is 21.8 Å². The van der Waals surface area contributed by atoms with E-state index in [0.29, 0.717) is 24.0 Å². The first-order valence-electron chi connectivity index (χ1n) is 7.73. The van der Waals surface area contributed by atoms with Gasteiger partial charge in [0.15, 0.2) is 0 Å². The van der Waals surface area contributed by atoms with Crippen LogP contribution >= 0.6 is 0 Å². The van der Waals surface area contributed by atoms with Crippen molar-refractivity contribution in [3.63, 3.8) is 0 Å². The van der Waals surface area contributed by atoms with E-state index in [1.165, 1.54) is 17.7 Å². The molecule has 0 aliphatic heterocycles. The van der Waals surface area contributed by atoms with Crippen LogP contribution in [0.1, 0.15) is 11.3 Å². The van der Waals surface area contributed by atoms with Crippen molar-refractivity contribution in [2.45, 2.75) is 13.5 Å². The predicted octanol–water partition coefficient (Wildman–Crippen LogP) is 4.30. The van der Waals surface area contributed by atoms with E-state index in [-0.39, 0.29) is 5.82 Å². The Morgan fingerprint density at radius 3 is 2.54 bits per heavy atom. The van der Waals surface area contributed by atoms with Gasteiger partial charge >= 0.3 is 0 Å². The molecule has 0 saturated carbocycles. The number of nitrogens with one attached hydrogen (secondary N) is 1. The van der Waals surface area contributed by atoms with E-state index < -0.39 is 0 Å². The van der Waals surface area contributed by atoms with Crippen molar-refractivity contribution in [2.75, 3.05) is 17.3 Å². The highest BCUT2D eigenvalue weighted by Gasteiger charge is 2.08. The zero-order valence-corrected chi connectivity index (χ0v) is 13.7. The number of aryl methyl sites for hydroxylation is 1. The molecule has 4 nitrogen and oxygen atoms in total. The van der Waals surface area contributed by atoms with Crippen LogP contribution in [0.15, 0.2) is 60.7 Å². The number of rotatable bonds is 5. The second-order valence-corrected chi connectivity index (χ2v) is 5.67. The van der Waals surface area contributed by atoms with E-state index >= 15 is 0 Å². The smallest absolute Gasteiger partial charge is 0.227 e. The first-order valence-corrected chi connectivity index (χ1v) is 7.73. The van der Waals surface area contributed by atoms with Crippen molar-refractivity contribution < 1.29 is 4.39 Å². The van der Waals surface area contributed by atoms with Gasteiger partial charge in [0.2, 0.25) is 5.95 Å². The highest BCUT2D eigenvalue weighted by Crippen LogP contribution is 2.19. The Kier molecular flexibility index (Phi) is 4.70. The van der Waals surface area contributed by atoms with Gasteiger partial charge in [-0.2, -0.15) is 4.98 Å². The van der Waals surface area contributed by atoms with E-state index in [2.05, 4.69) is 27.4 Å². The van der Waals surface area contributed by atoms with Crippen LogP contribution in [-0.2, 0) is 6.54 Å². The largest absolute Gasteiger partial charge is 0.340 e. The molecule has 3 rings (SSSR count). The fourth-order valence-corrected chi connectivity index (χ4v) is 2.43. The molecule has 0 atom stereocenters. The molecule has 0 saturated heterocycles. The molecule has 3 aromatic rings. The third-order valence-electron chi connectivity index (χ3n) is 3.54. The third kappa shape index (κ3) is 4.07. The van der Waals surface area contributed by atoms with Gasteiger partial charge in [0.05, 0.1) is 0 Å². The number of aromatic nitrogens is 2. The Labute approximate surface area is 141 Å². The lowest BCUT2D eigenvalue weighted by Crippen LogP contribution is -2.19. The molecule has 0 fully saturated rings. The topological polar surface area (TPSA) is 41.1 Å². The lowest BCUT2D eigenvalue weighted by Gasteiger charge is -2.18. The summed E-state index contributed by atoms with van der Waals surface area (Å²) < 4.78 is 13.3. The van der Waals surface area contributed by atoms with Crippen LogP contribution in [-0.4, -0.2) is 17.0 Å². The molecule has 2 aromatic carbocycles. The first-order chi connectivity index (χ1) is 11.6. The van der Waals surface area contributed by atoms with Gasteiger partial charge in [0.25, 0.3) is 0 Å². The fourth-order valence-electron chi connectivity index (χ4n) is 2.43. The SMILES string of the molecule is Cc1cc(Nc2cccc(F)c2)nc(N(C)Cc2ccccc2)n1. The van der Waals surface area contributed by atoms with Crippen LogP contribution in [0.2, 0.25) is 0 Å². The zero-order valence-electron chi connectivity index (χ0n) is 13.7. The highest BCUT2D eigenvalue weighted by atomic mass is 19.1. The Balaban J connectivity index is 1.80. The molecule has 1 heterocycles. The average Bonchev–Trinajstić information content (AvgIpc) is 2.55. The van der Waals surface area contributed by atoms with E-state index in [4.69, 9.17) is 0 Å². The van der Waals surface area contributed by atoms with Crippen molar-refractivity contribution >= 4 is 17.5 Å². The van der Waals surface area contributed by atoms with E-state index in [0.717, 1.165) is 5.69 Å². The van der Waals surface area contributed by atoms with Crippen molar-refractivity contribution in [3.05, 3.63) is 77.7 Å². The predicted molar refractivity (Wildman–Crippen MR) is 95.0 cm³/mol. The van der Waals surface area contributed by atoms with Gasteiger partial charge in [-0.1, -0.05) is 36.4 Å². The number of hydrogen-bond donors (Lipinski definition) is 1. The summed E-state index contributed by atoms with van der Waals surface area (Å²) in [6.07, 6.45) is 0. The standard InChI is InChI=1S/C19H19FN4/c1-14-11-18(22-17-10-6-9-16(20)12-17)23-19(21-14)24(2)13-15-7-4-3-5-8-15/h3-12H,13H2,1-2H3,(H,21,22,23). The monoisotopic (exact) mass is 322 g/mol. The lowest BCUT2D eigenvalue weighted by atomic mass is 10.2. The average molecular weight is 322 g/mol. The molecule has 0 amide bonds. The van der Waals surface area contributed by atoms with Crippen LogP contribution in [0.3, 0.4) is 0 Å². The number of benzene rings is 2. The summed E-state index contributed by atoms with van der Waals surface area (Å²) in [5.41, 5.74) is 2.69. The van der Waals surface area contributed by atoms with Crippen LogP contribution in [0.5, 0.6) is 0 Å². The van der Waals surface area contributed by atoms with Crippen molar-refractivity contribution in [2.24, 2.45) is 0 Å². The normalized spacial score (nSPS) is 10.5. The quantitative estimate of drug-likeness (QED) is 0.760. The lowest BCUT2D eigenvalue weighted by molar-refractivity contribution is 0.628. The maximum Gasteiger partial charge on any atom is 0.227 e. The minimum Gasteiger partial charge on any atom is -0.340 e. The minimum atomic E-state index is -0.285. The Bertz CT molecular complexity index is 821. The maximum absolute atomic E-state index is 13.3. The second kappa shape index (κ2) is 7.08. The molecule has 0 unspecified atom stereocenters. The molecule has 122 valence electrons. The summed E-state index contributed by atoms with van der Waals surface area (Å²) in [4.78, 5) is 11.0. The molecule has 0 aliphatic carbocycles. The molecule has 0 aliphatic rings. The molecule has 0 spiro atoms. The van der Waals surface area contributed by atoms with Crippen molar-refractivity contribution in [1.29, 1.82) is 0 Å². The Morgan fingerprint density at radius 1 is 1.00 bits per heavy atom. The summed E-state index contributed by atoms with van der Waals surface area (Å²) in [5, 5.41) is 3.13. The van der Waals surface area contributed by atoms with Gasteiger partial charge in [-0.05, 0) is 30.7 Å². The van der Waals surface area contributed by atoms with Gasteiger partial charge in [-0.25, -0.2) is 9.37 Å². The van der Waals surface area contributed by atoms with Crippen LogP contribution in [0, 0.1) is 12.7 Å². The molecule has 0 radical (unpaired) electrons. The van der Waals surface area contributed by atoms with Gasteiger partial charge in [-0.15, -0.1) is 0 Å². The Hall–Kier alpha value is -2.95. The number of anilines is 3. The molecule has 1 N–H and O–H groups in total. The van der Waals surface area contributed by atoms with Gasteiger partial charge in [0.1, 0.15) is 11.6 Å². The van der Waals surface area contributed by atoms with Gasteiger partial charge in [-0.3, -0.25) is 0 Å². The van der Waals surface area contributed by atoms with Gasteiger partial charge < -0.3 is 10.2 Å². The van der Waals surface area contributed by atoms with E-state index in [1.54, 1.807) is 12.1 Å². The molecule has 5 heteroatoms. The Morgan fingerprint density at radius 2 is 1.79 bits per heavy atom. The van der Waals surface area contributed by atoms with Crippen molar-refractivity contribution in [1.82, 2.24) is 9.97 Å². The summed E-state index contributed by atoms with van der Waals surface area (Å²) >= 11 is 0. The molecule has 0 bridgehead atoms. The molecular weight excluding hydrogens is 303 g/mol. The second-order valence-electron chi connectivity index (χ2n) is 5.67. The molecule has 24 heavy (non-hydrogen) atoms. The van der Waals surface area contributed by atoms with Crippen LogP contribution < -0.4 is 10.2 Å². The third-order valence-corrected chi connectivity index (χ3v) is 3.54. The highest BCUT2D eigenvalue weighted by molar-refractivity contribution is 5.57. The zero-order chi connectivity index (χ0) is 16.9. The molecule has 1 aromatic heterocycles. The maximum atomic E-state index is 13.3. The fraction of sp³-hybridized carbons (Fsp3) is 0.158. The van der Waals surface area contributed by atoms with Gasteiger partial charge in [0, 0.05) is 31.0 Å². The van der Waals surface area contributed by atoms with E-state index in [1.807, 2.05) is 43.1 Å². The minimum absolute atomic E-state index is 0.285. The summed E-state index contributed by atoms with van der Waals surface area (Å²) in [5.74, 6) is 0.980. The van der Waals surface area contributed by atoms with E-state index in [9.17, 15) is 4.39 Å². The summed E-state index contributed by atoms with van der Waals surface area (Å²) in [7, 11) is 1.95. The summed E-state index contributed by atoms with van der Waals surface area (Å²) in [6, 6.07) is 18.3. The van der Waals surface area contributed by atoms with Crippen molar-refractivity contribution in [3.8, 4) is 0 Å². The first kappa shape index (κ1) is 15.9. The number of nitrogens with zero attached hydrogens (tertiary/aromatic N) is 3. The number of halogens is 1. The molecular formula is C19H19FN4. The number of hydrogen-bond acceptors (Lipinski definition) is 4.